The number of hydrogen-bond acceptors (Lipinski definition) is 2. The molecule has 0 amide bonds. The van der Waals surface area contributed by atoms with Crippen molar-refractivity contribution in [2.75, 3.05) is 7.05 Å². The molecule has 1 N–H and O–H groups in total. The molecule has 0 bridgehead atoms. The molecule has 5 heteroatoms. The second-order valence-electron chi connectivity index (χ2n) is 5.23. The average molecular weight is 326 g/mol. The van der Waals surface area contributed by atoms with Crippen molar-refractivity contribution < 1.29 is 0 Å². The zero-order valence-electron chi connectivity index (χ0n) is 12.7. The van der Waals surface area contributed by atoms with Crippen LogP contribution in [0.4, 0.5) is 0 Å². The van der Waals surface area contributed by atoms with Crippen molar-refractivity contribution >= 4 is 23.2 Å². The first-order chi connectivity index (χ1) is 10.0. The lowest BCUT2D eigenvalue weighted by atomic mass is 10.0. The standard InChI is InChI=1S/C16H21Cl2N3/c1-4-13-9-15(21(3)20-13)10-14(19-2)7-11-5-6-12(17)8-16(11)18/h5-6,8-9,14,19H,4,7,10H2,1-3H3. The number of aryl methyl sites for hydroxylation is 2. The van der Waals surface area contributed by atoms with Crippen LogP contribution >= 0.6 is 23.2 Å². The van der Waals surface area contributed by atoms with Gasteiger partial charge in [0.05, 0.1) is 5.69 Å². The molecular formula is C16H21Cl2N3. The third-order valence-corrected chi connectivity index (χ3v) is 4.32. The van der Waals surface area contributed by atoms with Gasteiger partial charge in [0, 0.05) is 35.2 Å². The van der Waals surface area contributed by atoms with E-state index in [-0.39, 0.29) is 0 Å². The maximum Gasteiger partial charge on any atom is 0.0624 e. The van der Waals surface area contributed by atoms with E-state index in [0.717, 1.165) is 35.5 Å². The fourth-order valence-electron chi connectivity index (χ4n) is 2.42. The Morgan fingerprint density at radius 1 is 1.24 bits per heavy atom. The van der Waals surface area contributed by atoms with Crippen molar-refractivity contribution in [1.82, 2.24) is 15.1 Å². The minimum atomic E-state index is 0.309. The quantitative estimate of drug-likeness (QED) is 0.878. The first-order valence-corrected chi connectivity index (χ1v) is 7.92. The van der Waals surface area contributed by atoms with Gasteiger partial charge in [0.1, 0.15) is 0 Å². The minimum absolute atomic E-state index is 0.309. The molecule has 1 aromatic carbocycles. The van der Waals surface area contributed by atoms with Crippen LogP contribution < -0.4 is 5.32 Å². The first-order valence-electron chi connectivity index (χ1n) is 7.16. The molecule has 0 aliphatic carbocycles. The van der Waals surface area contributed by atoms with Gasteiger partial charge >= 0.3 is 0 Å². The topological polar surface area (TPSA) is 29.9 Å². The summed E-state index contributed by atoms with van der Waals surface area (Å²) in [7, 11) is 3.97. The van der Waals surface area contributed by atoms with Crippen LogP contribution in [0.25, 0.3) is 0 Å². The van der Waals surface area contributed by atoms with Crippen LogP contribution in [0, 0.1) is 0 Å². The van der Waals surface area contributed by atoms with E-state index in [1.807, 2.05) is 30.9 Å². The van der Waals surface area contributed by atoms with Crippen molar-refractivity contribution in [3.05, 3.63) is 51.3 Å². The Morgan fingerprint density at radius 3 is 2.57 bits per heavy atom. The zero-order valence-corrected chi connectivity index (χ0v) is 14.2. The smallest absolute Gasteiger partial charge is 0.0624 e. The largest absolute Gasteiger partial charge is 0.316 e. The van der Waals surface area contributed by atoms with Crippen LogP contribution in [0.2, 0.25) is 10.0 Å². The molecule has 21 heavy (non-hydrogen) atoms. The van der Waals surface area contributed by atoms with E-state index in [0.29, 0.717) is 11.1 Å². The van der Waals surface area contributed by atoms with E-state index in [1.54, 1.807) is 6.07 Å². The number of rotatable bonds is 6. The second-order valence-corrected chi connectivity index (χ2v) is 6.08. The van der Waals surface area contributed by atoms with Gasteiger partial charge in [-0.3, -0.25) is 4.68 Å². The van der Waals surface area contributed by atoms with Crippen molar-refractivity contribution in [3.63, 3.8) is 0 Å². The molecule has 1 unspecified atom stereocenters. The lowest BCUT2D eigenvalue weighted by molar-refractivity contribution is 0.533. The van der Waals surface area contributed by atoms with Gasteiger partial charge in [-0.1, -0.05) is 36.2 Å². The van der Waals surface area contributed by atoms with Gasteiger partial charge in [-0.2, -0.15) is 5.10 Å². The molecule has 3 nitrogen and oxygen atoms in total. The van der Waals surface area contributed by atoms with E-state index < -0.39 is 0 Å². The first kappa shape index (κ1) is 16.3. The lowest BCUT2D eigenvalue weighted by Gasteiger charge is -2.17. The van der Waals surface area contributed by atoms with Gasteiger partial charge in [-0.05, 0) is 43.7 Å². The Kier molecular flexibility index (Phi) is 5.68. The number of halogens is 2. The van der Waals surface area contributed by atoms with Crippen LogP contribution in [-0.4, -0.2) is 22.9 Å². The molecule has 2 aromatic rings. The summed E-state index contributed by atoms with van der Waals surface area (Å²) in [6.07, 6.45) is 2.74. The maximum absolute atomic E-state index is 6.26. The van der Waals surface area contributed by atoms with Crippen LogP contribution in [0.15, 0.2) is 24.3 Å². The van der Waals surface area contributed by atoms with Gasteiger partial charge in [0.2, 0.25) is 0 Å². The van der Waals surface area contributed by atoms with Crippen LogP contribution in [0.5, 0.6) is 0 Å². The van der Waals surface area contributed by atoms with Gasteiger partial charge in [-0.15, -0.1) is 0 Å². The van der Waals surface area contributed by atoms with E-state index in [4.69, 9.17) is 23.2 Å². The number of benzene rings is 1. The summed E-state index contributed by atoms with van der Waals surface area (Å²) in [6, 6.07) is 8.16. The Bertz CT molecular complexity index is 608. The highest BCUT2D eigenvalue weighted by Crippen LogP contribution is 2.22. The number of aromatic nitrogens is 2. The fraction of sp³-hybridized carbons (Fsp3) is 0.438. The zero-order chi connectivity index (χ0) is 15.4. The Balaban J connectivity index is 2.10. The molecule has 1 heterocycles. The molecule has 0 saturated carbocycles. The number of nitrogens with zero attached hydrogens (tertiary/aromatic N) is 2. The van der Waals surface area contributed by atoms with Crippen LogP contribution in [0.3, 0.4) is 0 Å². The van der Waals surface area contributed by atoms with E-state index in [2.05, 4.69) is 23.4 Å². The fourth-order valence-corrected chi connectivity index (χ4v) is 2.90. The summed E-state index contributed by atoms with van der Waals surface area (Å²) in [6.45, 7) is 2.12. The Morgan fingerprint density at radius 2 is 2.00 bits per heavy atom. The molecule has 114 valence electrons. The van der Waals surface area contributed by atoms with Gasteiger partial charge in [-0.25, -0.2) is 0 Å². The van der Waals surface area contributed by atoms with E-state index in [1.165, 1.54) is 5.69 Å². The molecule has 0 fully saturated rings. The predicted molar refractivity (Wildman–Crippen MR) is 89.3 cm³/mol. The number of nitrogens with one attached hydrogen (secondary N) is 1. The molecule has 1 aromatic heterocycles. The maximum atomic E-state index is 6.26. The molecule has 1 atom stereocenters. The highest BCUT2D eigenvalue weighted by Gasteiger charge is 2.14. The minimum Gasteiger partial charge on any atom is -0.316 e. The lowest BCUT2D eigenvalue weighted by Crippen LogP contribution is -2.30. The molecular weight excluding hydrogens is 305 g/mol. The SMILES string of the molecule is CCc1cc(CC(Cc2ccc(Cl)cc2Cl)NC)n(C)n1. The summed E-state index contributed by atoms with van der Waals surface area (Å²) in [5.74, 6) is 0. The number of hydrogen-bond donors (Lipinski definition) is 1. The predicted octanol–water partition coefficient (Wildman–Crippen LogP) is 3.66. The summed E-state index contributed by atoms with van der Waals surface area (Å²) < 4.78 is 1.96. The summed E-state index contributed by atoms with van der Waals surface area (Å²) in [5, 5.41) is 9.26. The second kappa shape index (κ2) is 7.30. The normalized spacial score (nSPS) is 12.6. The van der Waals surface area contributed by atoms with Crippen LogP contribution in [-0.2, 0) is 26.3 Å². The van der Waals surface area contributed by atoms with Crippen molar-refractivity contribution in [2.24, 2.45) is 7.05 Å². The summed E-state index contributed by atoms with van der Waals surface area (Å²) >= 11 is 12.2. The molecule has 2 rings (SSSR count). The van der Waals surface area contributed by atoms with E-state index >= 15 is 0 Å². The third-order valence-electron chi connectivity index (χ3n) is 3.73. The monoisotopic (exact) mass is 325 g/mol. The molecule has 0 spiro atoms. The van der Waals surface area contributed by atoms with Crippen molar-refractivity contribution in [1.29, 1.82) is 0 Å². The van der Waals surface area contributed by atoms with Crippen LogP contribution in [0.1, 0.15) is 23.9 Å². The van der Waals surface area contributed by atoms with Gasteiger partial charge in [0.25, 0.3) is 0 Å². The number of likely N-dealkylation sites (N-methyl/N-ethyl adjacent to an activating group) is 1. The summed E-state index contributed by atoms with van der Waals surface area (Å²) in [4.78, 5) is 0. The Hall–Kier alpha value is -1.03. The Labute approximate surface area is 136 Å². The molecule has 0 aliphatic rings. The molecule has 0 aliphatic heterocycles. The van der Waals surface area contributed by atoms with E-state index in [9.17, 15) is 0 Å². The third kappa shape index (κ3) is 4.22. The van der Waals surface area contributed by atoms with Crippen molar-refractivity contribution in [2.45, 2.75) is 32.2 Å². The van der Waals surface area contributed by atoms with Crippen molar-refractivity contribution in [3.8, 4) is 0 Å². The highest BCUT2D eigenvalue weighted by molar-refractivity contribution is 6.35. The average Bonchev–Trinajstić information content (AvgIpc) is 2.81. The summed E-state index contributed by atoms with van der Waals surface area (Å²) in [5.41, 5.74) is 3.47. The molecule has 0 radical (unpaired) electrons. The highest BCUT2D eigenvalue weighted by atomic mass is 35.5. The van der Waals surface area contributed by atoms with Gasteiger partial charge in [0.15, 0.2) is 0 Å². The molecule has 0 saturated heterocycles. The van der Waals surface area contributed by atoms with Gasteiger partial charge < -0.3 is 5.32 Å².